The molecule has 5 rings (SSSR count). The molecule has 6 heteroatoms. The van der Waals surface area contributed by atoms with E-state index in [1.807, 2.05) is 59.6 Å². The maximum Gasteiger partial charge on any atom is 0.254 e. The summed E-state index contributed by atoms with van der Waals surface area (Å²) in [6, 6.07) is 15.5. The van der Waals surface area contributed by atoms with Gasteiger partial charge in [-0.25, -0.2) is 0 Å². The Hall–Kier alpha value is -3.12. The number of ether oxygens (including phenoxy) is 1. The molecule has 2 N–H and O–H groups in total. The van der Waals surface area contributed by atoms with Crippen LogP contribution in [-0.4, -0.2) is 47.5 Å². The average molecular weight is 418 g/mol. The normalized spacial score (nSPS) is 19.7. The molecule has 0 unspecified atom stereocenters. The highest BCUT2D eigenvalue weighted by Gasteiger charge is 2.55. The lowest BCUT2D eigenvalue weighted by atomic mass is 9.71. The second-order valence-electron chi connectivity index (χ2n) is 8.55. The molecule has 1 spiro atoms. The number of H-pyrrole nitrogens is 1. The van der Waals surface area contributed by atoms with Crippen molar-refractivity contribution in [3.63, 3.8) is 0 Å². The van der Waals surface area contributed by atoms with Gasteiger partial charge in [0.2, 0.25) is 5.91 Å². The molecule has 1 fully saturated rings. The van der Waals surface area contributed by atoms with Crippen LogP contribution in [0.3, 0.4) is 0 Å². The molecule has 31 heavy (non-hydrogen) atoms. The zero-order chi connectivity index (χ0) is 21.4. The molecule has 0 saturated heterocycles. The quantitative estimate of drug-likeness (QED) is 0.650. The largest absolute Gasteiger partial charge is 0.383 e. The number of aromatic nitrogens is 1. The Balaban J connectivity index is 1.57. The van der Waals surface area contributed by atoms with E-state index in [4.69, 9.17) is 4.74 Å². The third-order valence-corrected chi connectivity index (χ3v) is 6.90. The molecule has 1 aromatic heterocycles. The van der Waals surface area contributed by atoms with Gasteiger partial charge < -0.3 is 19.9 Å². The van der Waals surface area contributed by atoms with E-state index < -0.39 is 11.5 Å². The molecule has 0 bridgehead atoms. The first kappa shape index (κ1) is 19.8. The summed E-state index contributed by atoms with van der Waals surface area (Å²) in [5.74, 6) is -0.471. The van der Waals surface area contributed by atoms with E-state index in [-0.39, 0.29) is 11.8 Å². The summed E-state index contributed by atoms with van der Waals surface area (Å²) < 4.78 is 5.31. The number of methoxy groups -OCH3 is 1. The number of carbonyl (C=O) groups is 2. The number of anilines is 1. The number of aromatic amines is 1. The molecule has 2 aromatic carbocycles. The number of carbonyl (C=O) groups excluding carboxylic acids is 2. The van der Waals surface area contributed by atoms with Gasteiger partial charge in [0.05, 0.1) is 18.1 Å². The van der Waals surface area contributed by atoms with Gasteiger partial charge in [-0.15, -0.1) is 0 Å². The molecule has 3 aromatic rings. The average Bonchev–Trinajstić information content (AvgIpc) is 3.44. The van der Waals surface area contributed by atoms with E-state index in [9.17, 15) is 9.59 Å². The molecular formula is C25H27N3O3. The molecule has 1 atom stereocenters. The van der Waals surface area contributed by atoms with Crippen molar-refractivity contribution in [2.75, 3.05) is 25.6 Å². The monoisotopic (exact) mass is 417 g/mol. The minimum absolute atomic E-state index is 0.00593. The van der Waals surface area contributed by atoms with Crippen molar-refractivity contribution >= 4 is 28.4 Å². The maximum absolute atomic E-state index is 13.8. The van der Waals surface area contributed by atoms with Crippen LogP contribution in [0.5, 0.6) is 0 Å². The van der Waals surface area contributed by atoms with Crippen LogP contribution in [0.1, 0.15) is 47.5 Å². The fraction of sp³-hybridized carbons (Fsp3) is 0.360. The summed E-state index contributed by atoms with van der Waals surface area (Å²) in [6.07, 6.45) is 5.56. The molecule has 160 valence electrons. The van der Waals surface area contributed by atoms with Crippen molar-refractivity contribution in [1.82, 2.24) is 9.88 Å². The van der Waals surface area contributed by atoms with Gasteiger partial charge in [-0.1, -0.05) is 37.1 Å². The predicted molar refractivity (Wildman–Crippen MR) is 120 cm³/mol. The lowest BCUT2D eigenvalue weighted by Gasteiger charge is -2.50. The van der Waals surface area contributed by atoms with Gasteiger partial charge in [-0.2, -0.15) is 0 Å². The van der Waals surface area contributed by atoms with Crippen molar-refractivity contribution in [3.8, 4) is 0 Å². The van der Waals surface area contributed by atoms with E-state index >= 15 is 0 Å². The van der Waals surface area contributed by atoms with Crippen LogP contribution >= 0.6 is 0 Å². The van der Waals surface area contributed by atoms with Gasteiger partial charge in [0.25, 0.3) is 5.91 Å². The maximum atomic E-state index is 13.8. The van der Waals surface area contributed by atoms with Crippen LogP contribution < -0.4 is 5.32 Å². The van der Waals surface area contributed by atoms with Gasteiger partial charge in [-0.05, 0) is 48.1 Å². The number of rotatable bonds is 5. The summed E-state index contributed by atoms with van der Waals surface area (Å²) in [5, 5.41) is 4.25. The highest BCUT2D eigenvalue weighted by molar-refractivity contribution is 6.05. The highest BCUT2D eigenvalue weighted by atomic mass is 16.5. The Morgan fingerprint density at radius 2 is 2.00 bits per heavy atom. The van der Waals surface area contributed by atoms with E-state index in [2.05, 4.69) is 10.3 Å². The van der Waals surface area contributed by atoms with Gasteiger partial charge in [-0.3, -0.25) is 9.59 Å². The van der Waals surface area contributed by atoms with Crippen LogP contribution in [0, 0.1) is 0 Å². The number of hydrogen-bond acceptors (Lipinski definition) is 3. The molecule has 1 aliphatic heterocycles. The van der Waals surface area contributed by atoms with Crippen LogP contribution in [0.25, 0.3) is 10.9 Å². The molecular weight excluding hydrogens is 390 g/mol. The Bertz CT molecular complexity index is 1130. The zero-order valence-electron chi connectivity index (χ0n) is 17.7. The van der Waals surface area contributed by atoms with E-state index in [0.29, 0.717) is 18.7 Å². The van der Waals surface area contributed by atoms with Crippen molar-refractivity contribution in [2.24, 2.45) is 0 Å². The number of amides is 2. The first-order valence-electron chi connectivity index (χ1n) is 10.9. The van der Waals surface area contributed by atoms with Crippen molar-refractivity contribution < 1.29 is 14.3 Å². The Labute approximate surface area is 181 Å². The summed E-state index contributed by atoms with van der Waals surface area (Å²) in [6.45, 7) is 0.940. The summed E-state index contributed by atoms with van der Waals surface area (Å²) in [5.41, 5.74) is 2.68. The van der Waals surface area contributed by atoms with Crippen molar-refractivity contribution in [2.45, 2.75) is 37.1 Å². The Morgan fingerprint density at radius 3 is 2.81 bits per heavy atom. The molecule has 1 saturated carbocycles. The predicted octanol–water partition coefficient (Wildman–Crippen LogP) is 4.31. The number of fused-ring (bicyclic) bond motifs is 2. The van der Waals surface area contributed by atoms with Gasteiger partial charge in [0, 0.05) is 36.6 Å². The van der Waals surface area contributed by atoms with Crippen LogP contribution in [0.2, 0.25) is 0 Å². The lowest BCUT2D eigenvalue weighted by molar-refractivity contribution is -0.121. The number of hydrogen-bond donors (Lipinski definition) is 2. The minimum atomic E-state index is -0.509. The van der Waals surface area contributed by atoms with E-state index in [1.165, 1.54) is 0 Å². The number of nitrogens with zero attached hydrogens (tertiary/aromatic N) is 1. The minimum Gasteiger partial charge on any atom is -0.383 e. The Morgan fingerprint density at radius 1 is 1.19 bits per heavy atom. The SMILES string of the molecule is COCCN1C(=O)c2ccccc2[C@@H](C(=O)Nc2ccc3cc[nH]c3c2)C12CCCC2. The molecule has 0 radical (unpaired) electrons. The van der Waals surface area contributed by atoms with Gasteiger partial charge in [0.1, 0.15) is 0 Å². The Kier molecular flexibility index (Phi) is 5.02. The summed E-state index contributed by atoms with van der Waals surface area (Å²) >= 11 is 0. The van der Waals surface area contributed by atoms with Gasteiger partial charge in [0.15, 0.2) is 0 Å². The molecule has 2 heterocycles. The molecule has 1 aliphatic carbocycles. The number of benzene rings is 2. The topological polar surface area (TPSA) is 74.4 Å². The van der Waals surface area contributed by atoms with Crippen LogP contribution in [0.4, 0.5) is 5.69 Å². The second-order valence-corrected chi connectivity index (χ2v) is 8.55. The molecule has 2 amide bonds. The number of nitrogens with one attached hydrogen (secondary N) is 2. The first-order valence-corrected chi connectivity index (χ1v) is 10.9. The first-order chi connectivity index (χ1) is 15.1. The summed E-state index contributed by atoms with van der Waals surface area (Å²) in [4.78, 5) is 32.4. The van der Waals surface area contributed by atoms with Crippen LogP contribution in [0.15, 0.2) is 54.7 Å². The van der Waals surface area contributed by atoms with Gasteiger partial charge >= 0.3 is 0 Å². The smallest absolute Gasteiger partial charge is 0.254 e. The molecule has 2 aliphatic rings. The third kappa shape index (κ3) is 3.22. The van der Waals surface area contributed by atoms with E-state index in [1.54, 1.807) is 7.11 Å². The van der Waals surface area contributed by atoms with Crippen molar-refractivity contribution in [3.05, 3.63) is 65.9 Å². The standard InChI is InChI=1S/C25H27N3O3/c1-31-15-14-28-24(30)20-7-3-2-6-19(20)22(25(28)11-4-5-12-25)23(29)27-18-9-8-17-10-13-26-21(17)16-18/h2-3,6-10,13,16,22,26H,4-5,11-12,14-15H2,1H3,(H,27,29)/t22-/m0/s1. The van der Waals surface area contributed by atoms with E-state index in [0.717, 1.165) is 47.8 Å². The fourth-order valence-corrected chi connectivity index (χ4v) is 5.51. The van der Waals surface area contributed by atoms with Crippen molar-refractivity contribution in [1.29, 1.82) is 0 Å². The fourth-order valence-electron chi connectivity index (χ4n) is 5.51. The summed E-state index contributed by atoms with van der Waals surface area (Å²) in [7, 11) is 1.64. The second kappa shape index (κ2) is 7.85. The van der Waals surface area contributed by atoms with Crippen LogP contribution in [-0.2, 0) is 9.53 Å². The highest BCUT2D eigenvalue weighted by Crippen LogP contribution is 2.50. The lowest BCUT2D eigenvalue weighted by Crippen LogP contribution is -2.60. The molecule has 6 nitrogen and oxygen atoms in total. The zero-order valence-corrected chi connectivity index (χ0v) is 17.7. The third-order valence-electron chi connectivity index (χ3n) is 6.90.